The average molecular weight is 373 g/mol. The van der Waals surface area contributed by atoms with Gasteiger partial charge in [-0.3, -0.25) is 4.79 Å². The number of carbonyl (C=O) groups is 1. The first-order valence-electron chi connectivity index (χ1n) is 9.87. The summed E-state index contributed by atoms with van der Waals surface area (Å²) in [5.74, 6) is -0.0992. The second-order valence-corrected chi connectivity index (χ2v) is 7.71. The number of nitrogens with one attached hydrogen (secondary N) is 1. The van der Waals surface area contributed by atoms with Crippen molar-refractivity contribution in [3.05, 3.63) is 0 Å². The molecule has 6 atom stereocenters. The van der Waals surface area contributed by atoms with Gasteiger partial charge in [-0.05, 0) is 32.6 Å². The van der Waals surface area contributed by atoms with E-state index in [-0.39, 0.29) is 30.8 Å². The molecule has 1 amide bonds. The number of ether oxygens (including phenoxy) is 3. The first-order valence-corrected chi connectivity index (χ1v) is 9.87. The second kappa shape index (κ2) is 9.46. The van der Waals surface area contributed by atoms with Crippen molar-refractivity contribution < 1.29 is 29.2 Å². The highest BCUT2D eigenvalue weighted by molar-refractivity contribution is 5.74. The Bertz CT molecular complexity index is 455. The van der Waals surface area contributed by atoms with E-state index < -0.39 is 24.0 Å². The molecular formula is C19H35NO6. The molecule has 3 N–H and O–H groups in total. The Morgan fingerprint density at radius 2 is 1.88 bits per heavy atom. The first kappa shape index (κ1) is 21.6. The second-order valence-electron chi connectivity index (χ2n) is 7.71. The molecule has 0 radical (unpaired) electrons. The molecule has 2 heterocycles. The van der Waals surface area contributed by atoms with E-state index in [1.165, 1.54) is 6.92 Å². The molecule has 2 aliphatic heterocycles. The van der Waals surface area contributed by atoms with Crippen LogP contribution in [-0.2, 0) is 19.0 Å². The summed E-state index contributed by atoms with van der Waals surface area (Å²) in [5.41, 5.74) is -0.499. The van der Waals surface area contributed by atoms with Gasteiger partial charge in [0.05, 0.1) is 36.6 Å². The van der Waals surface area contributed by atoms with Crippen LogP contribution in [0.1, 0.15) is 66.2 Å². The molecular weight excluding hydrogens is 338 g/mol. The molecule has 2 fully saturated rings. The molecule has 0 aliphatic carbocycles. The highest BCUT2D eigenvalue weighted by atomic mass is 16.7. The fourth-order valence-corrected chi connectivity index (χ4v) is 4.05. The van der Waals surface area contributed by atoms with E-state index >= 15 is 0 Å². The maximum absolute atomic E-state index is 11.7. The smallest absolute Gasteiger partial charge is 0.217 e. The standard InChI is InChI=1S/C19H35NO6/c1-5-19(6-2,20-13(4)21)17-10-14(22)9-15(26-17)11-24-18-16(23)8-7-12(3)25-18/h12,14-18,22-23H,5-11H2,1-4H3,(H,20,21)/t12-,14-,15-,16-,17+,18+/m0/s1. The molecule has 7 heteroatoms. The molecule has 0 aromatic rings. The van der Waals surface area contributed by atoms with Crippen molar-refractivity contribution in [2.24, 2.45) is 0 Å². The van der Waals surface area contributed by atoms with Gasteiger partial charge in [0.1, 0.15) is 6.10 Å². The summed E-state index contributed by atoms with van der Waals surface area (Å²) in [4.78, 5) is 11.7. The van der Waals surface area contributed by atoms with Crippen LogP contribution in [-0.4, -0.2) is 65.1 Å². The minimum Gasteiger partial charge on any atom is -0.393 e. The van der Waals surface area contributed by atoms with Gasteiger partial charge in [-0.1, -0.05) is 13.8 Å². The van der Waals surface area contributed by atoms with Gasteiger partial charge in [0.15, 0.2) is 6.29 Å². The summed E-state index contributed by atoms with van der Waals surface area (Å²) >= 11 is 0. The normalized spacial score (nSPS) is 35.9. The zero-order chi connectivity index (χ0) is 19.3. The van der Waals surface area contributed by atoms with E-state index in [2.05, 4.69) is 5.32 Å². The maximum Gasteiger partial charge on any atom is 0.217 e. The number of carbonyl (C=O) groups excluding carboxylic acids is 1. The number of hydrogen-bond acceptors (Lipinski definition) is 6. The molecule has 0 bridgehead atoms. The predicted octanol–water partition coefficient (Wildman–Crippen LogP) is 1.49. The Morgan fingerprint density at radius 3 is 2.50 bits per heavy atom. The van der Waals surface area contributed by atoms with Crippen LogP contribution in [0.2, 0.25) is 0 Å². The average Bonchev–Trinajstić information content (AvgIpc) is 2.60. The monoisotopic (exact) mass is 373 g/mol. The zero-order valence-electron chi connectivity index (χ0n) is 16.4. The van der Waals surface area contributed by atoms with E-state index in [1.807, 2.05) is 20.8 Å². The van der Waals surface area contributed by atoms with Crippen LogP contribution >= 0.6 is 0 Å². The summed E-state index contributed by atoms with van der Waals surface area (Å²) in [6, 6.07) is 0. The Morgan fingerprint density at radius 1 is 1.19 bits per heavy atom. The van der Waals surface area contributed by atoms with Gasteiger partial charge in [-0.25, -0.2) is 0 Å². The molecule has 7 nitrogen and oxygen atoms in total. The molecule has 0 aromatic carbocycles. The SMILES string of the molecule is CCC(CC)(NC(C)=O)[C@H]1C[C@@H](O)C[C@@H](CO[C@@H]2O[C@@H](C)CC[C@@H]2O)O1. The predicted molar refractivity (Wildman–Crippen MR) is 96.6 cm³/mol. The fraction of sp³-hybridized carbons (Fsp3) is 0.947. The summed E-state index contributed by atoms with van der Waals surface area (Å²) in [5, 5.41) is 23.4. The molecule has 0 unspecified atom stereocenters. The highest BCUT2D eigenvalue weighted by Crippen LogP contribution is 2.32. The van der Waals surface area contributed by atoms with Crippen LogP contribution in [0, 0.1) is 0 Å². The Kier molecular flexibility index (Phi) is 7.85. The van der Waals surface area contributed by atoms with E-state index in [0.29, 0.717) is 19.3 Å². The van der Waals surface area contributed by atoms with E-state index in [0.717, 1.165) is 19.3 Å². The fourth-order valence-electron chi connectivity index (χ4n) is 4.05. The van der Waals surface area contributed by atoms with E-state index in [1.54, 1.807) is 0 Å². The van der Waals surface area contributed by atoms with Crippen molar-refractivity contribution in [1.29, 1.82) is 0 Å². The van der Waals surface area contributed by atoms with Crippen LogP contribution < -0.4 is 5.32 Å². The third-order valence-corrected chi connectivity index (χ3v) is 5.68. The Labute approximate surface area is 156 Å². The largest absolute Gasteiger partial charge is 0.393 e. The summed E-state index contributed by atoms with van der Waals surface area (Å²) in [6.45, 7) is 7.74. The highest BCUT2D eigenvalue weighted by Gasteiger charge is 2.43. The van der Waals surface area contributed by atoms with Gasteiger partial charge < -0.3 is 29.7 Å². The van der Waals surface area contributed by atoms with Crippen molar-refractivity contribution >= 4 is 5.91 Å². The lowest BCUT2D eigenvalue weighted by Gasteiger charge is -2.45. The van der Waals surface area contributed by atoms with Gasteiger partial charge in [0.25, 0.3) is 0 Å². The van der Waals surface area contributed by atoms with Crippen LogP contribution in [0.5, 0.6) is 0 Å². The van der Waals surface area contributed by atoms with Crippen LogP contribution in [0.15, 0.2) is 0 Å². The van der Waals surface area contributed by atoms with E-state index in [4.69, 9.17) is 14.2 Å². The third kappa shape index (κ3) is 5.39. The van der Waals surface area contributed by atoms with Gasteiger partial charge in [-0.15, -0.1) is 0 Å². The summed E-state index contributed by atoms with van der Waals surface area (Å²) in [6.07, 6.45) is 1.53. The quantitative estimate of drug-likeness (QED) is 0.626. The molecule has 0 aromatic heterocycles. The molecule has 2 aliphatic rings. The molecule has 2 rings (SSSR count). The third-order valence-electron chi connectivity index (χ3n) is 5.68. The van der Waals surface area contributed by atoms with Gasteiger partial charge >= 0.3 is 0 Å². The number of hydrogen-bond donors (Lipinski definition) is 3. The zero-order valence-corrected chi connectivity index (χ0v) is 16.4. The van der Waals surface area contributed by atoms with Gasteiger partial charge in [-0.2, -0.15) is 0 Å². The van der Waals surface area contributed by atoms with Crippen LogP contribution in [0.4, 0.5) is 0 Å². The van der Waals surface area contributed by atoms with Gasteiger partial charge in [0.2, 0.25) is 5.91 Å². The summed E-state index contributed by atoms with van der Waals surface area (Å²) < 4.78 is 17.6. The number of aliphatic hydroxyl groups excluding tert-OH is 2. The van der Waals surface area contributed by atoms with Crippen molar-refractivity contribution in [2.75, 3.05) is 6.61 Å². The molecule has 26 heavy (non-hydrogen) atoms. The van der Waals surface area contributed by atoms with Crippen LogP contribution in [0.3, 0.4) is 0 Å². The van der Waals surface area contributed by atoms with Gasteiger partial charge in [0, 0.05) is 19.8 Å². The minimum absolute atomic E-state index is 0.0570. The minimum atomic E-state index is -0.655. The lowest BCUT2D eigenvalue weighted by Crippen LogP contribution is -2.60. The molecule has 0 saturated carbocycles. The lowest BCUT2D eigenvalue weighted by atomic mass is 9.81. The molecule has 0 spiro atoms. The van der Waals surface area contributed by atoms with Crippen molar-refractivity contribution in [1.82, 2.24) is 5.32 Å². The molecule has 152 valence electrons. The Balaban J connectivity index is 1.98. The lowest BCUT2D eigenvalue weighted by molar-refractivity contribution is -0.253. The van der Waals surface area contributed by atoms with E-state index in [9.17, 15) is 15.0 Å². The number of amides is 1. The maximum atomic E-state index is 11.7. The Hall–Kier alpha value is -0.730. The number of aliphatic hydroxyl groups is 2. The number of rotatable bonds is 7. The van der Waals surface area contributed by atoms with Crippen molar-refractivity contribution in [3.8, 4) is 0 Å². The first-order chi connectivity index (χ1) is 12.3. The van der Waals surface area contributed by atoms with Crippen molar-refractivity contribution in [2.45, 2.75) is 109 Å². The molecule has 2 saturated heterocycles. The topological polar surface area (TPSA) is 97.3 Å². The van der Waals surface area contributed by atoms with Crippen molar-refractivity contribution in [3.63, 3.8) is 0 Å². The summed E-state index contributed by atoms with van der Waals surface area (Å²) in [7, 11) is 0. The van der Waals surface area contributed by atoms with Crippen LogP contribution in [0.25, 0.3) is 0 Å².